The highest BCUT2D eigenvalue weighted by Gasteiger charge is 2.17. The highest BCUT2D eigenvalue weighted by molar-refractivity contribution is 7.89. The van der Waals surface area contributed by atoms with E-state index in [4.69, 9.17) is 4.74 Å². The molecule has 2 aromatic rings. The quantitative estimate of drug-likeness (QED) is 0.610. The van der Waals surface area contributed by atoms with Gasteiger partial charge in [0.2, 0.25) is 10.0 Å². The molecule has 0 bridgehead atoms. The lowest BCUT2D eigenvalue weighted by molar-refractivity contribution is -0.146. The van der Waals surface area contributed by atoms with Crippen molar-refractivity contribution in [3.05, 3.63) is 59.7 Å². The maximum atomic E-state index is 12.2. The minimum Gasteiger partial charge on any atom is -0.455 e. The molecule has 0 aromatic heterocycles. The molecule has 0 aliphatic heterocycles. The zero-order valence-electron chi connectivity index (χ0n) is 16.8. The van der Waals surface area contributed by atoms with Gasteiger partial charge in [0.05, 0.1) is 4.90 Å². The van der Waals surface area contributed by atoms with Gasteiger partial charge in [0, 0.05) is 5.69 Å². The molecule has 0 heterocycles. The molecule has 0 spiro atoms. The second kappa shape index (κ2) is 10.2. The van der Waals surface area contributed by atoms with Crippen LogP contribution in [0, 0.1) is 6.92 Å². The second-order valence-corrected chi connectivity index (χ2v) is 8.51. The van der Waals surface area contributed by atoms with Crippen molar-refractivity contribution in [2.45, 2.75) is 38.0 Å². The number of hydrogen-bond acceptors (Lipinski definition) is 5. The Balaban J connectivity index is 1.85. The van der Waals surface area contributed by atoms with Gasteiger partial charge in [-0.25, -0.2) is 8.42 Å². The molecule has 0 saturated heterocycles. The third kappa shape index (κ3) is 6.69. The topological polar surface area (TPSA) is 102 Å². The number of hydrogen-bond donors (Lipinski definition) is 2. The fourth-order valence-corrected chi connectivity index (χ4v) is 3.57. The molecule has 2 aromatic carbocycles. The number of nitrogens with one attached hydrogen (secondary N) is 2. The van der Waals surface area contributed by atoms with E-state index in [9.17, 15) is 18.0 Å². The number of benzene rings is 2. The Morgan fingerprint density at radius 3 is 2.38 bits per heavy atom. The van der Waals surface area contributed by atoms with Crippen LogP contribution >= 0.6 is 0 Å². The number of carbonyl (C=O) groups excluding carboxylic acids is 2. The largest absolute Gasteiger partial charge is 0.455 e. The number of rotatable bonds is 9. The summed E-state index contributed by atoms with van der Waals surface area (Å²) in [5.74, 6) is -1.06. The van der Waals surface area contributed by atoms with Crippen LogP contribution in [0.4, 0.5) is 5.69 Å². The van der Waals surface area contributed by atoms with Crippen molar-refractivity contribution < 1.29 is 22.7 Å². The first-order valence-corrected chi connectivity index (χ1v) is 10.8. The molecule has 29 heavy (non-hydrogen) atoms. The number of para-hydroxylation sites is 1. The molecule has 1 atom stereocenters. The van der Waals surface area contributed by atoms with Crippen LogP contribution in [0.25, 0.3) is 0 Å². The van der Waals surface area contributed by atoms with Crippen LogP contribution in [0.15, 0.2) is 53.4 Å². The monoisotopic (exact) mass is 418 g/mol. The highest BCUT2D eigenvalue weighted by atomic mass is 32.2. The summed E-state index contributed by atoms with van der Waals surface area (Å²) in [5, 5.41) is 2.73. The third-order valence-corrected chi connectivity index (χ3v) is 5.90. The van der Waals surface area contributed by atoms with E-state index >= 15 is 0 Å². The molecule has 0 aliphatic rings. The van der Waals surface area contributed by atoms with Crippen molar-refractivity contribution in [2.75, 3.05) is 18.5 Å². The van der Waals surface area contributed by atoms with Crippen LogP contribution in [0.2, 0.25) is 0 Å². The van der Waals surface area contributed by atoms with Crippen LogP contribution in [0.1, 0.15) is 37.3 Å². The molecule has 7 nitrogen and oxygen atoms in total. The maximum absolute atomic E-state index is 12.2. The van der Waals surface area contributed by atoms with E-state index < -0.39 is 35.1 Å². The standard InChI is InChI=1S/C21H26N2O5S/c1-4-16(3)18-7-5-6-8-19(18)23-20(24)14-28-21(25)13-22-29(26,27)17-11-9-15(2)10-12-17/h5-12,16,22H,4,13-14H2,1-3H3,(H,23,24)/t16-/m1/s1. The van der Waals surface area contributed by atoms with Gasteiger partial charge >= 0.3 is 5.97 Å². The number of aryl methyl sites for hydroxylation is 1. The summed E-state index contributed by atoms with van der Waals surface area (Å²) >= 11 is 0. The molecule has 0 fully saturated rings. The van der Waals surface area contributed by atoms with Gasteiger partial charge in [-0.1, -0.05) is 49.7 Å². The van der Waals surface area contributed by atoms with Crippen molar-refractivity contribution in [2.24, 2.45) is 0 Å². The number of esters is 1. The molecule has 156 valence electrons. The first kappa shape index (κ1) is 22.6. The fourth-order valence-electron chi connectivity index (χ4n) is 2.60. The van der Waals surface area contributed by atoms with E-state index in [-0.39, 0.29) is 10.8 Å². The average molecular weight is 419 g/mol. The predicted molar refractivity (Wildman–Crippen MR) is 111 cm³/mol. The van der Waals surface area contributed by atoms with Crippen LogP contribution in [-0.4, -0.2) is 33.4 Å². The number of carbonyl (C=O) groups is 2. The van der Waals surface area contributed by atoms with Gasteiger partial charge in [-0.2, -0.15) is 4.72 Å². The summed E-state index contributed by atoms with van der Waals surface area (Å²) in [5.41, 5.74) is 2.59. The highest BCUT2D eigenvalue weighted by Crippen LogP contribution is 2.26. The summed E-state index contributed by atoms with van der Waals surface area (Å²) in [6.45, 7) is 4.90. The van der Waals surface area contributed by atoms with Gasteiger partial charge in [-0.05, 0) is 43.0 Å². The van der Waals surface area contributed by atoms with E-state index in [1.165, 1.54) is 12.1 Å². The molecule has 0 unspecified atom stereocenters. The van der Waals surface area contributed by atoms with Gasteiger partial charge in [-0.15, -0.1) is 0 Å². The fraction of sp³-hybridized carbons (Fsp3) is 0.333. The SMILES string of the molecule is CC[C@@H](C)c1ccccc1NC(=O)COC(=O)CNS(=O)(=O)c1ccc(C)cc1. The Bertz CT molecular complexity index is 955. The van der Waals surface area contributed by atoms with Crippen molar-refractivity contribution in [1.82, 2.24) is 4.72 Å². The van der Waals surface area contributed by atoms with Crippen LogP contribution in [-0.2, 0) is 24.3 Å². The Morgan fingerprint density at radius 2 is 1.72 bits per heavy atom. The zero-order valence-corrected chi connectivity index (χ0v) is 17.6. The summed E-state index contributed by atoms with van der Waals surface area (Å²) in [6.07, 6.45) is 0.920. The molecule has 0 saturated carbocycles. The molecule has 2 rings (SSSR count). The third-order valence-electron chi connectivity index (χ3n) is 4.48. The minimum atomic E-state index is -3.83. The van der Waals surface area contributed by atoms with Crippen molar-refractivity contribution >= 4 is 27.6 Å². The maximum Gasteiger partial charge on any atom is 0.321 e. The summed E-state index contributed by atoms with van der Waals surface area (Å²) in [7, 11) is -3.83. The first-order valence-electron chi connectivity index (χ1n) is 9.33. The van der Waals surface area contributed by atoms with Crippen LogP contribution in [0.5, 0.6) is 0 Å². The van der Waals surface area contributed by atoms with Crippen LogP contribution in [0.3, 0.4) is 0 Å². The van der Waals surface area contributed by atoms with E-state index in [1.54, 1.807) is 18.2 Å². The minimum absolute atomic E-state index is 0.0512. The molecule has 0 radical (unpaired) electrons. The Hall–Kier alpha value is -2.71. The molecule has 0 aliphatic carbocycles. The van der Waals surface area contributed by atoms with E-state index in [1.807, 2.05) is 25.1 Å². The molecular weight excluding hydrogens is 392 g/mol. The van der Waals surface area contributed by atoms with Crippen LogP contribution < -0.4 is 10.0 Å². The summed E-state index contributed by atoms with van der Waals surface area (Å²) < 4.78 is 31.4. The van der Waals surface area contributed by atoms with Crippen molar-refractivity contribution in [3.8, 4) is 0 Å². The van der Waals surface area contributed by atoms with E-state index in [2.05, 4.69) is 23.9 Å². The van der Waals surface area contributed by atoms with E-state index in [0.717, 1.165) is 17.5 Å². The van der Waals surface area contributed by atoms with Gasteiger partial charge in [0.1, 0.15) is 6.54 Å². The number of ether oxygens (including phenoxy) is 1. The zero-order chi connectivity index (χ0) is 21.4. The molecule has 1 amide bonds. The van der Waals surface area contributed by atoms with Gasteiger partial charge in [0.25, 0.3) is 5.91 Å². The van der Waals surface area contributed by atoms with Crippen molar-refractivity contribution in [1.29, 1.82) is 0 Å². The lowest BCUT2D eigenvalue weighted by Gasteiger charge is -2.15. The first-order chi connectivity index (χ1) is 13.7. The molecular formula is C21H26N2O5S. The van der Waals surface area contributed by atoms with Gasteiger partial charge < -0.3 is 10.1 Å². The number of amides is 1. The lowest BCUT2D eigenvalue weighted by atomic mass is 9.97. The Kier molecular flexibility index (Phi) is 7.92. The normalized spacial score (nSPS) is 12.2. The van der Waals surface area contributed by atoms with Gasteiger partial charge in [-0.3, -0.25) is 9.59 Å². The smallest absolute Gasteiger partial charge is 0.321 e. The second-order valence-electron chi connectivity index (χ2n) is 6.74. The number of sulfonamides is 1. The Labute approximate surface area is 171 Å². The molecule has 8 heteroatoms. The van der Waals surface area contributed by atoms with Gasteiger partial charge in [0.15, 0.2) is 6.61 Å². The number of anilines is 1. The summed E-state index contributed by atoms with van der Waals surface area (Å²) in [4.78, 5) is 24.0. The van der Waals surface area contributed by atoms with Crippen molar-refractivity contribution in [3.63, 3.8) is 0 Å². The molecule has 2 N–H and O–H groups in total. The average Bonchev–Trinajstić information content (AvgIpc) is 2.71. The Morgan fingerprint density at radius 1 is 1.07 bits per heavy atom. The predicted octanol–water partition coefficient (Wildman–Crippen LogP) is 2.97. The summed E-state index contributed by atoms with van der Waals surface area (Å²) in [6, 6.07) is 13.7. The van der Waals surface area contributed by atoms with E-state index in [0.29, 0.717) is 5.69 Å². The lowest BCUT2D eigenvalue weighted by Crippen LogP contribution is -2.32.